The van der Waals surface area contributed by atoms with Crippen molar-refractivity contribution in [3.05, 3.63) is 24.3 Å². The maximum atomic E-state index is 11.5. The number of alkyl halides is 1. The first-order chi connectivity index (χ1) is 7.84. The van der Waals surface area contributed by atoms with Gasteiger partial charge in [0, 0.05) is 30.9 Å². The minimum absolute atomic E-state index is 0.152. The summed E-state index contributed by atoms with van der Waals surface area (Å²) in [5, 5.41) is 3.60. The first kappa shape index (κ1) is 13.1. The molecule has 0 aliphatic rings. The van der Waals surface area contributed by atoms with Gasteiger partial charge in [-0.1, -0.05) is 15.9 Å². The molecule has 1 aromatic rings. The van der Waals surface area contributed by atoms with Crippen molar-refractivity contribution in [1.82, 2.24) is 15.3 Å². The standard InChI is InChI=1S/C10H14BrN3O2/c11-2-5-16-4-1-3-14-10(15)9-6-12-8-13-7-9/h6-8H,1-5H2,(H,14,15). The van der Waals surface area contributed by atoms with Crippen molar-refractivity contribution in [3.63, 3.8) is 0 Å². The van der Waals surface area contributed by atoms with Crippen LogP contribution in [0, 0.1) is 0 Å². The van der Waals surface area contributed by atoms with Crippen LogP contribution < -0.4 is 5.32 Å². The van der Waals surface area contributed by atoms with Gasteiger partial charge in [0.25, 0.3) is 5.91 Å². The Labute approximate surface area is 103 Å². The highest BCUT2D eigenvalue weighted by Crippen LogP contribution is 1.92. The van der Waals surface area contributed by atoms with Gasteiger partial charge in [-0.05, 0) is 6.42 Å². The number of nitrogens with zero attached hydrogens (tertiary/aromatic N) is 2. The normalized spacial score (nSPS) is 10.1. The highest BCUT2D eigenvalue weighted by atomic mass is 79.9. The summed E-state index contributed by atoms with van der Waals surface area (Å²) >= 11 is 3.26. The van der Waals surface area contributed by atoms with Crippen LogP contribution in [0.4, 0.5) is 0 Å². The van der Waals surface area contributed by atoms with Gasteiger partial charge in [0.2, 0.25) is 0 Å². The van der Waals surface area contributed by atoms with Crippen LogP contribution in [0.25, 0.3) is 0 Å². The molecule has 0 spiro atoms. The van der Waals surface area contributed by atoms with E-state index in [1.165, 1.54) is 18.7 Å². The zero-order valence-corrected chi connectivity index (χ0v) is 10.4. The highest BCUT2D eigenvalue weighted by molar-refractivity contribution is 9.09. The van der Waals surface area contributed by atoms with Crippen LogP contribution in [-0.2, 0) is 4.74 Å². The Kier molecular flexibility index (Phi) is 6.67. The largest absolute Gasteiger partial charge is 0.381 e. The molecule has 0 aromatic carbocycles. The Hall–Kier alpha value is -1.01. The fourth-order valence-corrected chi connectivity index (χ4v) is 1.28. The molecule has 0 bridgehead atoms. The molecule has 0 saturated heterocycles. The summed E-state index contributed by atoms with van der Waals surface area (Å²) in [5.74, 6) is -0.152. The van der Waals surface area contributed by atoms with Gasteiger partial charge in [0.05, 0.1) is 12.2 Å². The number of hydrogen-bond acceptors (Lipinski definition) is 4. The lowest BCUT2D eigenvalue weighted by atomic mass is 10.3. The molecule has 0 saturated carbocycles. The van der Waals surface area contributed by atoms with Crippen molar-refractivity contribution < 1.29 is 9.53 Å². The Bertz CT molecular complexity index is 308. The summed E-state index contributed by atoms with van der Waals surface area (Å²) in [4.78, 5) is 19.0. The number of halogens is 1. The Morgan fingerprint density at radius 1 is 1.38 bits per heavy atom. The molecule has 0 unspecified atom stereocenters. The molecule has 1 rings (SSSR count). The Morgan fingerprint density at radius 3 is 2.81 bits per heavy atom. The average molecular weight is 288 g/mol. The number of carbonyl (C=O) groups is 1. The monoisotopic (exact) mass is 287 g/mol. The van der Waals surface area contributed by atoms with E-state index in [0.717, 1.165) is 11.8 Å². The minimum Gasteiger partial charge on any atom is -0.381 e. The van der Waals surface area contributed by atoms with Gasteiger partial charge in [0.15, 0.2) is 0 Å². The van der Waals surface area contributed by atoms with Crippen LogP contribution in [0.5, 0.6) is 0 Å². The van der Waals surface area contributed by atoms with Crippen LogP contribution in [0.2, 0.25) is 0 Å². The Morgan fingerprint density at radius 2 is 2.12 bits per heavy atom. The maximum Gasteiger partial charge on any atom is 0.254 e. The lowest BCUT2D eigenvalue weighted by Crippen LogP contribution is -2.25. The Balaban J connectivity index is 2.12. The fourth-order valence-electron chi connectivity index (χ4n) is 1.05. The molecule has 0 aliphatic carbocycles. The molecule has 0 aliphatic heterocycles. The topological polar surface area (TPSA) is 64.1 Å². The van der Waals surface area contributed by atoms with Crippen molar-refractivity contribution in [1.29, 1.82) is 0 Å². The number of ether oxygens (including phenoxy) is 1. The van der Waals surface area contributed by atoms with E-state index in [9.17, 15) is 4.79 Å². The first-order valence-electron chi connectivity index (χ1n) is 5.01. The van der Waals surface area contributed by atoms with E-state index in [1.54, 1.807) is 0 Å². The molecule has 6 heteroatoms. The SMILES string of the molecule is O=C(NCCCOCCBr)c1cncnc1. The van der Waals surface area contributed by atoms with E-state index in [-0.39, 0.29) is 5.91 Å². The van der Waals surface area contributed by atoms with Gasteiger partial charge in [-0.15, -0.1) is 0 Å². The second-order valence-corrected chi connectivity index (χ2v) is 3.83. The molecular weight excluding hydrogens is 274 g/mol. The van der Waals surface area contributed by atoms with Crippen LogP contribution >= 0.6 is 15.9 Å². The van der Waals surface area contributed by atoms with E-state index in [1.807, 2.05) is 0 Å². The quantitative estimate of drug-likeness (QED) is 0.600. The van der Waals surface area contributed by atoms with Crippen molar-refractivity contribution in [3.8, 4) is 0 Å². The summed E-state index contributed by atoms with van der Waals surface area (Å²) in [6.45, 7) is 1.94. The molecule has 1 heterocycles. The van der Waals surface area contributed by atoms with E-state index >= 15 is 0 Å². The molecule has 1 aromatic heterocycles. The molecule has 0 atom stereocenters. The van der Waals surface area contributed by atoms with Gasteiger partial charge in [0.1, 0.15) is 6.33 Å². The number of carbonyl (C=O) groups excluding carboxylic acids is 1. The third kappa shape index (κ3) is 5.18. The molecule has 5 nitrogen and oxygen atoms in total. The predicted molar refractivity (Wildman–Crippen MR) is 63.6 cm³/mol. The van der Waals surface area contributed by atoms with Crippen LogP contribution in [-0.4, -0.2) is 41.0 Å². The average Bonchev–Trinajstić information content (AvgIpc) is 2.34. The first-order valence-corrected chi connectivity index (χ1v) is 6.13. The van der Waals surface area contributed by atoms with E-state index < -0.39 is 0 Å². The number of aromatic nitrogens is 2. The van der Waals surface area contributed by atoms with Gasteiger partial charge in [-0.25, -0.2) is 9.97 Å². The third-order valence-electron chi connectivity index (χ3n) is 1.80. The van der Waals surface area contributed by atoms with Crippen LogP contribution in [0.1, 0.15) is 16.8 Å². The van der Waals surface area contributed by atoms with Gasteiger partial charge < -0.3 is 10.1 Å². The zero-order chi connectivity index (χ0) is 11.6. The number of rotatable bonds is 7. The van der Waals surface area contributed by atoms with Crippen LogP contribution in [0.3, 0.4) is 0 Å². The lowest BCUT2D eigenvalue weighted by molar-refractivity contribution is 0.0944. The molecule has 0 fully saturated rings. The molecule has 88 valence electrons. The summed E-state index contributed by atoms with van der Waals surface area (Å²) in [7, 11) is 0. The van der Waals surface area contributed by atoms with Crippen LogP contribution in [0.15, 0.2) is 18.7 Å². The van der Waals surface area contributed by atoms with Crippen molar-refractivity contribution in [2.45, 2.75) is 6.42 Å². The number of amides is 1. The van der Waals surface area contributed by atoms with Gasteiger partial charge in [-0.3, -0.25) is 4.79 Å². The molecule has 16 heavy (non-hydrogen) atoms. The number of hydrogen-bond donors (Lipinski definition) is 1. The van der Waals surface area contributed by atoms with Gasteiger partial charge >= 0.3 is 0 Å². The lowest BCUT2D eigenvalue weighted by Gasteiger charge is -2.04. The van der Waals surface area contributed by atoms with Gasteiger partial charge in [-0.2, -0.15) is 0 Å². The maximum absolute atomic E-state index is 11.5. The predicted octanol–water partition coefficient (Wildman–Crippen LogP) is 1.01. The third-order valence-corrected chi connectivity index (χ3v) is 2.12. The van der Waals surface area contributed by atoms with Crippen molar-refractivity contribution in [2.24, 2.45) is 0 Å². The zero-order valence-electron chi connectivity index (χ0n) is 8.86. The minimum atomic E-state index is -0.152. The summed E-state index contributed by atoms with van der Waals surface area (Å²) in [6, 6.07) is 0. The smallest absolute Gasteiger partial charge is 0.254 e. The van der Waals surface area contributed by atoms with E-state index in [0.29, 0.717) is 25.3 Å². The molecule has 0 radical (unpaired) electrons. The second-order valence-electron chi connectivity index (χ2n) is 3.04. The second kappa shape index (κ2) is 8.18. The molecule has 1 amide bonds. The summed E-state index contributed by atoms with van der Waals surface area (Å²) in [5.41, 5.74) is 0.476. The molecular formula is C10H14BrN3O2. The number of nitrogens with one attached hydrogen (secondary N) is 1. The fraction of sp³-hybridized carbons (Fsp3) is 0.500. The molecule has 1 N–H and O–H groups in total. The summed E-state index contributed by atoms with van der Waals surface area (Å²) in [6.07, 6.45) is 5.17. The van der Waals surface area contributed by atoms with Crippen molar-refractivity contribution >= 4 is 21.8 Å². The van der Waals surface area contributed by atoms with E-state index in [2.05, 4.69) is 31.2 Å². The van der Waals surface area contributed by atoms with Crippen molar-refractivity contribution in [2.75, 3.05) is 25.1 Å². The summed E-state index contributed by atoms with van der Waals surface area (Å²) < 4.78 is 5.25. The van der Waals surface area contributed by atoms with E-state index in [4.69, 9.17) is 4.74 Å². The highest BCUT2D eigenvalue weighted by Gasteiger charge is 2.03.